The molecule has 0 amide bonds. The third kappa shape index (κ3) is 6.07. The summed E-state index contributed by atoms with van der Waals surface area (Å²) in [7, 11) is 0. The fraction of sp³-hybridized carbons (Fsp3) is 0.0909. The van der Waals surface area contributed by atoms with Crippen LogP contribution >= 0.6 is 39.1 Å². The number of ether oxygens (including phenoxy) is 2. The summed E-state index contributed by atoms with van der Waals surface area (Å²) in [5.74, 6) is -0.201. The molecule has 0 heterocycles. The zero-order chi connectivity index (χ0) is 20.8. The molecule has 148 valence electrons. The lowest BCUT2D eigenvalue weighted by Crippen LogP contribution is -2.14. The van der Waals surface area contributed by atoms with Crippen LogP contribution in [0.15, 0.2) is 71.2 Å². The molecule has 0 atom stereocenters. The van der Waals surface area contributed by atoms with E-state index in [9.17, 15) is 9.59 Å². The highest BCUT2D eigenvalue weighted by molar-refractivity contribution is 9.10. The summed E-state index contributed by atoms with van der Waals surface area (Å²) in [5, 5.41) is 0.620. The third-order valence-electron chi connectivity index (χ3n) is 3.98. The highest BCUT2D eigenvalue weighted by atomic mass is 79.9. The Morgan fingerprint density at radius 3 is 2.14 bits per heavy atom. The van der Waals surface area contributed by atoms with E-state index >= 15 is 0 Å². The van der Waals surface area contributed by atoms with Crippen molar-refractivity contribution in [3.63, 3.8) is 0 Å². The van der Waals surface area contributed by atoms with E-state index in [1.807, 2.05) is 24.3 Å². The molecule has 0 saturated carbocycles. The van der Waals surface area contributed by atoms with E-state index in [0.29, 0.717) is 22.8 Å². The number of ketones is 1. The van der Waals surface area contributed by atoms with E-state index in [2.05, 4.69) is 15.9 Å². The smallest absolute Gasteiger partial charge is 0.338 e. The molecule has 3 aromatic rings. The number of Topliss-reactive ketones (excluding diaryl/α,β-unsaturated/α-hetero) is 1. The van der Waals surface area contributed by atoms with Crippen molar-refractivity contribution < 1.29 is 19.1 Å². The number of hydrogen-bond acceptors (Lipinski definition) is 4. The second kappa shape index (κ2) is 9.92. The fourth-order valence-corrected chi connectivity index (χ4v) is 2.96. The van der Waals surface area contributed by atoms with Crippen molar-refractivity contribution in [2.24, 2.45) is 0 Å². The maximum absolute atomic E-state index is 12.2. The molecule has 0 fully saturated rings. The topological polar surface area (TPSA) is 52.6 Å². The van der Waals surface area contributed by atoms with Crippen molar-refractivity contribution >= 4 is 50.9 Å². The van der Waals surface area contributed by atoms with Gasteiger partial charge in [0.2, 0.25) is 0 Å². The van der Waals surface area contributed by atoms with Crippen LogP contribution in [0, 0.1) is 0 Å². The van der Waals surface area contributed by atoms with Gasteiger partial charge in [0, 0.05) is 10.0 Å². The van der Waals surface area contributed by atoms with Crippen LogP contribution in [0.2, 0.25) is 10.0 Å². The van der Waals surface area contributed by atoms with E-state index in [4.69, 9.17) is 32.7 Å². The predicted octanol–water partition coefficient (Wildman–Crippen LogP) is 6.37. The summed E-state index contributed by atoms with van der Waals surface area (Å²) in [4.78, 5) is 24.3. The minimum absolute atomic E-state index is 0.268. The first-order valence-electron chi connectivity index (χ1n) is 8.55. The SMILES string of the molecule is O=C(COC(=O)c1ccc(COc2ccc(Br)cc2)cc1)c1ccc(Cl)c(Cl)c1. The Hall–Kier alpha value is -2.34. The summed E-state index contributed by atoms with van der Waals surface area (Å²) in [6, 6.07) is 18.8. The largest absolute Gasteiger partial charge is 0.489 e. The highest BCUT2D eigenvalue weighted by Gasteiger charge is 2.13. The van der Waals surface area contributed by atoms with E-state index in [1.54, 1.807) is 24.3 Å². The maximum atomic E-state index is 12.2. The van der Waals surface area contributed by atoms with Gasteiger partial charge in [-0.25, -0.2) is 4.79 Å². The Kier molecular flexibility index (Phi) is 7.31. The number of carbonyl (C=O) groups excluding carboxylic acids is 2. The molecule has 0 N–H and O–H groups in total. The number of carbonyl (C=O) groups is 2. The normalized spacial score (nSPS) is 10.4. The summed E-state index contributed by atoms with van der Waals surface area (Å²) in [5.41, 5.74) is 1.57. The van der Waals surface area contributed by atoms with Crippen LogP contribution in [0.4, 0.5) is 0 Å². The first-order valence-corrected chi connectivity index (χ1v) is 10.1. The lowest BCUT2D eigenvalue weighted by atomic mass is 10.1. The lowest BCUT2D eigenvalue weighted by molar-refractivity contribution is 0.0474. The quantitative estimate of drug-likeness (QED) is 0.283. The standard InChI is InChI=1S/C22H15BrCl2O4/c23-17-6-8-18(9-7-17)28-12-14-1-3-15(4-2-14)22(27)29-13-21(26)16-5-10-19(24)20(25)11-16/h1-11H,12-13H2. The Morgan fingerprint density at radius 2 is 1.48 bits per heavy atom. The Morgan fingerprint density at radius 1 is 0.828 bits per heavy atom. The van der Waals surface area contributed by atoms with Crippen LogP contribution in [-0.4, -0.2) is 18.4 Å². The van der Waals surface area contributed by atoms with Crippen molar-refractivity contribution in [2.75, 3.05) is 6.61 Å². The average molecular weight is 494 g/mol. The van der Waals surface area contributed by atoms with Gasteiger partial charge in [0.1, 0.15) is 12.4 Å². The number of hydrogen-bond donors (Lipinski definition) is 0. The fourth-order valence-electron chi connectivity index (χ4n) is 2.40. The zero-order valence-corrected chi connectivity index (χ0v) is 18.1. The summed E-state index contributed by atoms with van der Waals surface area (Å²) >= 11 is 15.1. The van der Waals surface area contributed by atoms with Gasteiger partial charge >= 0.3 is 5.97 Å². The molecule has 0 bridgehead atoms. The summed E-state index contributed by atoms with van der Waals surface area (Å²) in [6.45, 7) is -0.0159. The Balaban J connectivity index is 1.52. The molecule has 0 unspecified atom stereocenters. The number of benzene rings is 3. The summed E-state index contributed by atoms with van der Waals surface area (Å²) < 4.78 is 11.8. The Labute approximate surface area is 186 Å². The third-order valence-corrected chi connectivity index (χ3v) is 5.25. The predicted molar refractivity (Wildman–Crippen MR) is 116 cm³/mol. The van der Waals surface area contributed by atoms with E-state index in [-0.39, 0.29) is 17.4 Å². The van der Waals surface area contributed by atoms with Gasteiger partial charge in [-0.3, -0.25) is 4.79 Å². The molecule has 0 aliphatic heterocycles. The van der Waals surface area contributed by atoms with Gasteiger partial charge in [0.25, 0.3) is 0 Å². The first kappa shape index (κ1) is 21.4. The van der Waals surface area contributed by atoms with Crippen LogP contribution in [-0.2, 0) is 11.3 Å². The molecule has 3 aromatic carbocycles. The van der Waals surface area contributed by atoms with Crippen molar-refractivity contribution in [3.05, 3.63) is 97.9 Å². The van der Waals surface area contributed by atoms with Gasteiger partial charge in [0.05, 0.1) is 15.6 Å². The van der Waals surface area contributed by atoms with Crippen LogP contribution in [0.5, 0.6) is 5.75 Å². The van der Waals surface area contributed by atoms with Gasteiger partial charge in [0.15, 0.2) is 12.4 Å². The van der Waals surface area contributed by atoms with E-state index in [0.717, 1.165) is 15.8 Å². The Bertz CT molecular complexity index is 1020. The van der Waals surface area contributed by atoms with E-state index < -0.39 is 5.97 Å². The number of halogens is 3. The molecule has 4 nitrogen and oxygen atoms in total. The molecule has 3 rings (SSSR count). The van der Waals surface area contributed by atoms with Gasteiger partial charge in [-0.2, -0.15) is 0 Å². The molecule has 0 saturated heterocycles. The van der Waals surface area contributed by atoms with Gasteiger partial charge in [-0.1, -0.05) is 51.3 Å². The van der Waals surface area contributed by atoms with Crippen molar-refractivity contribution in [2.45, 2.75) is 6.61 Å². The van der Waals surface area contributed by atoms with Crippen molar-refractivity contribution in [1.82, 2.24) is 0 Å². The number of esters is 1. The van der Waals surface area contributed by atoms with Crippen LogP contribution < -0.4 is 4.74 Å². The van der Waals surface area contributed by atoms with Crippen molar-refractivity contribution in [1.29, 1.82) is 0 Å². The molecule has 0 aliphatic rings. The lowest BCUT2D eigenvalue weighted by Gasteiger charge is -2.08. The summed E-state index contributed by atoms with van der Waals surface area (Å²) in [6.07, 6.45) is 0. The molecule has 29 heavy (non-hydrogen) atoms. The van der Waals surface area contributed by atoms with Gasteiger partial charge in [-0.15, -0.1) is 0 Å². The van der Waals surface area contributed by atoms with E-state index in [1.165, 1.54) is 18.2 Å². The minimum Gasteiger partial charge on any atom is -0.489 e. The van der Waals surface area contributed by atoms with Crippen LogP contribution in [0.3, 0.4) is 0 Å². The van der Waals surface area contributed by atoms with Crippen LogP contribution in [0.25, 0.3) is 0 Å². The zero-order valence-electron chi connectivity index (χ0n) is 15.0. The highest BCUT2D eigenvalue weighted by Crippen LogP contribution is 2.23. The maximum Gasteiger partial charge on any atom is 0.338 e. The molecular weight excluding hydrogens is 479 g/mol. The van der Waals surface area contributed by atoms with Crippen molar-refractivity contribution in [3.8, 4) is 5.75 Å². The monoisotopic (exact) mass is 492 g/mol. The second-order valence-corrected chi connectivity index (χ2v) is 7.80. The molecule has 0 radical (unpaired) electrons. The molecule has 7 heteroatoms. The van der Waals surface area contributed by atoms with Gasteiger partial charge < -0.3 is 9.47 Å². The van der Waals surface area contributed by atoms with Gasteiger partial charge in [-0.05, 0) is 60.2 Å². The molecule has 0 aromatic heterocycles. The molecule has 0 spiro atoms. The van der Waals surface area contributed by atoms with Crippen LogP contribution in [0.1, 0.15) is 26.3 Å². The second-order valence-electron chi connectivity index (χ2n) is 6.07. The molecule has 0 aliphatic carbocycles. The first-order chi connectivity index (χ1) is 13.9. The average Bonchev–Trinajstić information content (AvgIpc) is 2.73. The number of rotatable bonds is 7. The molecular formula is C22H15BrCl2O4. The minimum atomic E-state index is -0.584.